The molecule has 2 aromatic rings. The van der Waals surface area contributed by atoms with Gasteiger partial charge in [0.15, 0.2) is 46.5 Å². The molecule has 0 saturated carbocycles. The zero-order chi connectivity index (χ0) is 21.7. The Labute approximate surface area is 152 Å². The lowest BCUT2D eigenvalue weighted by molar-refractivity contribution is 0.0958. The highest BCUT2D eigenvalue weighted by atomic mass is 19.2. The summed E-state index contributed by atoms with van der Waals surface area (Å²) >= 11 is 0. The molecule has 0 N–H and O–H groups in total. The second kappa shape index (κ2) is 7.30. The fraction of sp³-hybridized carbons (Fsp3) is 0.250. The molecule has 2 radical (unpaired) electrons. The van der Waals surface area contributed by atoms with Crippen LogP contribution in [0.15, 0.2) is 0 Å². The lowest BCUT2D eigenvalue weighted by Gasteiger charge is -2.35. The second-order valence-corrected chi connectivity index (χ2v) is 6.12. The standard InChI is InChI=1S/C16H7BF10O/c1-16(2,28-17)5(3-6(18)10(22)14(26)11(23)7(3)19)4-8(20)12(24)15(27)13(25)9(4)21/h5H,1-2H3. The van der Waals surface area contributed by atoms with E-state index in [1.54, 1.807) is 0 Å². The maximum Gasteiger partial charge on any atom is 0.283 e. The molecular weight excluding hydrogens is 409 g/mol. The Hall–Kier alpha value is -2.24. The van der Waals surface area contributed by atoms with Crippen molar-refractivity contribution in [3.63, 3.8) is 0 Å². The monoisotopic (exact) mass is 416 g/mol. The third kappa shape index (κ3) is 3.13. The van der Waals surface area contributed by atoms with Crippen molar-refractivity contribution in [1.82, 2.24) is 0 Å². The van der Waals surface area contributed by atoms with Crippen LogP contribution in [-0.2, 0) is 4.65 Å². The maximum absolute atomic E-state index is 14.2. The van der Waals surface area contributed by atoms with Crippen molar-refractivity contribution in [2.24, 2.45) is 0 Å². The molecular formula is C16H7BF10O. The minimum atomic E-state index is -2.73. The molecule has 0 saturated heterocycles. The summed E-state index contributed by atoms with van der Waals surface area (Å²) in [5.74, 6) is -28.2. The molecule has 0 bridgehead atoms. The molecule has 0 heterocycles. The van der Waals surface area contributed by atoms with E-state index in [0.29, 0.717) is 0 Å². The van der Waals surface area contributed by atoms with Gasteiger partial charge in [-0.15, -0.1) is 0 Å². The summed E-state index contributed by atoms with van der Waals surface area (Å²) in [4.78, 5) is 0. The second-order valence-electron chi connectivity index (χ2n) is 6.12. The van der Waals surface area contributed by atoms with E-state index in [0.717, 1.165) is 13.8 Å². The number of hydrogen-bond acceptors (Lipinski definition) is 1. The van der Waals surface area contributed by atoms with E-state index in [9.17, 15) is 43.9 Å². The Kier molecular flexibility index (Phi) is 5.75. The van der Waals surface area contributed by atoms with Crippen LogP contribution in [0.3, 0.4) is 0 Å². The molecule has 2 rings (SSSR count). The van der Waals surface area contributed by atoms with Crippen LogP contribution in [0.4, 0.5) is 43.9 Å². The fourth-order valence-corrected chi connectivity index (χ4v) is 2.66. The summed E-state index contributed by atoms with van der Waals surface area (Å²) in [5, 5.41) is 0. The number of hydrogen-bond donors (Lipinski definition) is 0. The van der Waals surface area contributed by atoms with Crippen molar-refractivity contribution in [2.75, 3.05) is 0 Å². The number of benzene rings is 2. The Morgan fingerprint density at radius 3 is 0.964 bits per heavy atom. The molecule has 0 fully saturated rings. The SMILES string of the molecule is [B]OC(C)(C)C(c1c(F)c(F)c(F)c(F)c1F)c1c(F)c(F)c(F)c(F)c1F. The van der Waals surface area contributed by atoms with Crippen molar-refractivity contribution in [3.8, 4) is 0 Å². The Bertz CT molecular complexity index is 832. The predicted molar refractivity (Wildman–Crippen MR) is 75.2 cm³/mol. The first-order chi connectivity index (χ1) is 12.8. The molecule has 0 aliphatic heterocycles. The third-order valence-electron chi connectivity index (χ3n) is 4.06. The van der Waals surface area contributed by atoms with Gasteiger partial charge >= 0.3 is 0 Å². The predicted octanol–water partition coefficient (Wildman–Crippen LogP) is 5.09. The van der Waals surface area contributed by atoms with Gasteiger partial charge in [0.2, 0.25) is 11.6 Å². The number of halogens is 10. The Morgan fingerprint density at radius 2 is 0.750 bits per heavy atom. The van der Waals surface area contributed by atoms with Gasteiger partial charge in [-0.05, 0) is 13.8 Å². The largest absolute Gasteiger partial charge is 0.442 e. The van der Waals surface area contributed by atoms with Crippen LogP contribution in [0.2, 0.25) is 0 Å². The van der Waals surface area contributed by atoms with E-state index in [1.165, 1.54) is 0 Å². The van der Waals surface area contributed by atoms with Crippen molar-refractivity contribution in [3.05, 3.63) is 69.3 Å². The number of rotatable bonds is 4. The van der Waals surface area contributed by atoms with Crippen LogP contribution in [0.1, 0.15) is 30.9 Å². The average molecular weight is 416 g/mol. The Morgan fingerprint density at radius 1 is 0.536 bits per heavy atom. The summed E-state index contributed by atoms with van der Waals surface area (Å²) in [6.07, 6.45) is 0. The molecule has 12 heteroatoms. The van der Waals surface area contributed by atoms with Crippen molar-refractivity contribution in [2.45, 2.75) is 25.4 Å². The van der Waals surface area contributed by atoms with Crippen LogP contribution >= 0.6 is 0 Å². The van der Waals surface area contributed by atoms with Gasteiger partial charge in [0.05, 0.1) is 5.60 Å². The van der Waals surface area contributed by atoms with Crippen molar-refractivity contribution < 1.29 is 48.6 Å². The average Bonchev–Trinajstić information content (AvgIpc) is 2.66. The van der Waals surface area contributed by atoms with Gasteiger partial charge in [-0.3, -0.25) is 0 Å². The highest BCUT2D eigenvalue weighted by molar-refractivity contribution is 5.98. The molecule has 28 heavy (non-hydrogen) atoms. The van der Waals surface area contributed by atoms with Crippen LogP contribution in [0.25, 0.3) is 0 Å². The zero-order valence-corrected chi connectivity index (χ0v) is 13.8. The minimum absolute atomic E-state index is 0.772. The van der Waals surface area contributed by atoms with Gasteiger partial charge in [0.1, 0.15) is 0 Å². The lowest BCUT2D eigenvalue weighted by Crippen LogP contribution is -2.36. The quantitative estimate of drug-likeness (QED) is 0.292. The maximum atomic E-state index is 14.2. The summed E-state index contributed by atoms with van der Waals surface area (Å²) in [6.45, 7) is 1.54. The molecule has 0 aromatic heterocycles. The first-order valence-electron chi connectivity index (χ1n) is 7.20. The molecule has 0 aliphatic rings. The highest BCUT2D eigenvalue weighted by Crippen LogP contribution is 2.44. The van der Waals surface area contributed by atoms with E-state index < -0.39 is 80.8 Å². The van der Waals surface area contributed by atoms with Crippen LogP contribution in [0, 0.1) is 58.2 Å². The normalized spacial score (nSPS) is 12.2. The third-order valence-corrected chi connectivity index (χ3v) is 4.06. The molecule has 0 unspecified atom stereocenters. The summed E-state index contributed by atoms with van der Waals surface area (Å²) in [7, 11) is 4.88. The van der Waals surface area contributed by atoms with E-state index in [4.69, 9.17) is 8.05 Å². The smallest absolute Gasteiger partial charge is 0.283 e. The zero-order valence-electron chi connectivity index (χ0n) is 13.8. The van der Waals surface area contributed by atoms with Gasteiger partial charge in [-0.25, -0.2) is 43.9 Å². The highest BCUT2D eigenvalue weighted by Gasteiger charge is 2.44. The topological polar surface area (TPSA) is 9.23 Å². The molecule has 1 nitrogen and oxygen atoms in total. The fourth-order valence-electron chi connectivity index (χ4n) is 2.66. The van der Waals surface area contributed by atoms with E-state index in [2.05, 4.69) is 4.65 Å². The summed E-state index contributed by atoms with van der Waals surface area (Å²) in [5.41, 5.74) is -6.19. The van der Waals surface area contributed by atoms with Gasteiger partial charge in [0.25, 0.3) is 8.05 Å². The molecule has 0 atom stereocenters. The molecule has 0 aliphatic carbocycles. The summed E-state index contributed by atoms with van der Waals surface area (Å²) < 4.78 is 142. The first kappa shape index (κ1) is 22.1. The van der Waals surface area contributed by atoms with Crippen LogP contribution in [-0.4, -0.2) is 13.7 Å². The van der Waals surface area contributed by atoms with Gasteiger partial charge in [-0.1, -0.05) is 0 Å². The van der Waals surface area contributed by atoms with E-state index >= 15 is 0 Å². The lowest BCUT2D eigenvalue weighted by atomic mass is 9.77. The van der Waals surface area contributed by atoms with Gasteiger partial charge in [-0.2, -0.15) is 0 Å². The Balaban J connectivity index is 3.07. The van der Waals surface area contributed by atoms with E-state index in [1.807, 2.05) is 0 Å². The van der Waals surface area contributed by atoms with Crippen LogP contribution in [0.5, 0.6) is 0 Å². The van der Waals surface area contributed by atoms with E-state index in [-0.39, 0.29) is 0 Å². The van der Waals surface area contributed by atoms with Gasteiger partial charge < -0.3 is 4.65 Å². The minimum Gasteiger partial charge on any atom is -0.442 e. The van der Waals surface area contributed by atoms with Crippen LogP contribution < -0.4 is 0 Å². The van der Waals surface area contributed by atoms with Gasteiger partial charge in [0, 0.05) is 17.0 Å². The van der Waals surface area contributed by atoms with Crippen molar-refractivity contribution >= 4 is 8.05 Å². The first-order valence-corrected chi connectivity index (χ1v) is 7.20. The van der Waals surface area contributed by atoms with Crippen molar-refractivity contribution in [1.29, 1.82) is 0 Å². The molecule has 0 spiro atoms. The molecule has 150 valence electrons. The summed E-state index contributed by atoms with van der Waals surface area (Å²) in [6, 6.07) is 0. The molecule has 0 amide bonds. The molecule has 2 aromatic carbocycles.